The molecule has 0 aliphatic carbocycles. The zero-order valence-electron chi connectivity index (χ0n) is 11.5. The summed E-state index contributed by atoms with van der Waals surface area (Å²) in [5.74, 6) is 1.47. The highest BCUT2D eigenvalue weighted by Crippen LogP contribution is 2.22. The minimum Gasteiger partial charge on any atom is -0.466 e. The molecule has 106 valence electrons. The normalized spacial score (nSPS) is 12.2. The van der Waals surface area contributed by atoms with E-state index in [2.05, 4.69) is 10.3 Å². The molecule has 0 aliphatic rings. The van der Waals surface area contributed by atoms with Crippen LogP contribution in [-0.2, 0) is 0 Å². The predicted octanol–water partition coefficient (Wildman–Crippen LogP) is 3.02. The molecule has 2 heterocycles. The summed E-state index contributed by atoms with van der Waals surface area (Å²) in [7, 11) is 0. The van der Waals surface area contributed by atoms with Crippen LogP contribution in [0.5, 0.6) is 0 Å². The van der Waals surface area contributed by atoms with E-state index in [0.717, 1.165) is 17.1 Å². The summed E-state index contributed by atoms with van der Waals surface area (Å²) in [4.78, 5) is 16.1. The highest BCUT2D eigenvalue weighted by Gasteiger charge is 2.18. The summed E-state index contributed by atoms with van der Waals surface area (Å²) in [5.41, 5.74) is 6.62. The van der Waals surface area contributed by atoms with Crippen LogP contribution in [0, 0.1) is 13.8 Å². The average Bonchev–Trinajstić information content (AvgIpc) is 2.71. The fourth-order valence-electron chi connectivity index (χ4n) is 2.04. The SMILES string of the molecule is Cc1cc(C(C)NC(=O)c2nc(N)ccc2Cl)c(C)o1. The lowest BCUT2D eigenvalue weighted by atomic mass is 10.1. The van der Waals surface area contributed by atoms with E-state index >= 15 is 0 Å². The van der Waals surface area contributed by atoms with Gasteiger partial charge in [-0.25, -0.2) is 4.98 Å². The summed E-state index contributed by atoms with van der Waals surface area (Å²) in [5, 5.41) is 3.10. The zero-order chi connectivity index (χ0) is 14.9. The lowest BCUT2D eigenvalue weighted by Crippen LogP contribution is -2.28. The van der Waals surface area contributed by atoms with Crippen molar-refractivity contribution in [2.75, 3.05) is 5.73 Å². The van der Waals surface area contributed by atoms with Crippen LogP contribution in [0.15, 0.2) is 22.6 Å². The van der Waals surface area contributed by atoms with Gasteiger partial charge in [0.05, 0.1) is 11.1 Å². The monoisotopic (exact) mass is 293 g/mol. The molecule has 0 aliphatic heterocycles. The molecule has 3 N–H and O–H groups in total. The van der Waals surface area contributed by atoms with Gasteiger partial charge in [0.2, 0.25) is 0 Å². The van der Waals surface area contributed by atoms with Gasteiger partial charge in [0.1, 0.15) is 23.0 Å². The molecule has 0 radical (unpaired) electrons. The number of nitrogens with zero attached hydrogens (tertiary/aromatic N) is 1. The van der Waals surface area contributed by atoms with Crippen molar-refractivity contribution in [1.29, 1.82) is 0 Å². The van der Waals surface area contributed by atoms with Gasteiger partial charge < -0.3 is 15.5 Å². The van der Waals surface area contributed by atoms with Gasteiger partial charge in [-0.05, 0) is 39.0 Å². The molecule has 0 fully saturated rings. The second-order valence-electron chi connectivity index (χ2n) is 4.63. The number of pyridine rings is 1. The number of rotatable bonds is 3. The van der Waals surface area contributed by atoms with Gasteiger partial charge in [-0.1, -0.05) is 11.6 Å². The molecule has 2 aromatic heterocycles. The summed E-state index contributed by atoms with van der Waals surface area (Å²) in [6.45, 7) is 5.59. The quantitative estimate of drug-likeness (QED) is 0.911. The Labute approximate surface area is 122 Å². The molecule has 1 unspecified atom stereocenters. The van der Waals surface area contributed by atoms with Crippen LogP contribution in [-0.4, -0.2) is 10.9 Å². The lowest BCUT2D eigenvalue weighted by molar-refractivity contribution is 0.0935. The van der Waals surface area contributed by atoms with Crippen LogP contribution in [0.25, 0.3) is 0 Å². The molecule has 1 amide bonds. The fraction of sp³-hybridized carbons (Fsp3) is 0.286. The first-order valence-electron chi connectivity index (χ1n) is 6.18. The van der Waals surface area contributed by atoms with Crippen LogP contribution in [0.3, 0.4) is 0 Å². The molecule has 0 spiro atoms. The first-order valence-corrected chi connectivity index (χ1v) is 6.56. The number of nitrogen functional groups attached to an aromatic ring is 1. The highest BCUT2D eigenvalue weighted by atomic mass is 35.5. The van der Waals surface area contributed by atoms with Gasteiger partial charge in [-0.15, -0.1) is 0 Å². The molecule has 2 aromatic rings. The van der Waals surface area contributed by atoms with E-state index in [1.165, 1.54) is 0 Å². The van der Waals surface area contributed by atoms with Crippen molar-refractivity contribution in [3.8, 4) is 0 Å². The lowest BCUT2D eigenvalue weighted by Gasteiger charge is -2.13. The average molecular weight is 294 g/mol. The van der Waals surface area contributed by atoms with Crippen LogP contribution >= 0.6 is 11.6 Å². The largest absolute Gasteiger partial charge is 0.466 e. The molecule has 1 atom stereocenters. The minimum atomic E-state index is -0.368. The maximum atomic E-state index is 12.2. The van der Waals surface area contributed by atoms with Crippen LogP contribution in [0.2, 0.25) is 5.02 Å². The number of aryl methyl sites for hydroxylation is 2. The van der Waals surface area contributed by atoms with Crippen molar-refractivity contribution in [1.82, 2.24) is 10.3 Å². The van der Waals surface area contributed by atoms with E-state index in [1.807, 2.05) is 26.8 Å². The van der Waals surface area contributed by atoms with Crippen molar-refractivity contribution < 1.29 is 9.21 Å². The number of anilines is 1. The smallest absolute Gasteiger partial charge is 0.271 e. The van der Waals surface area contributed by atoms with Crippen LogP contribution in [0.4, 0.5) is 5.82 Å². The number of halogens is 1. The number of hydrogen-bond donors (Lipinski definition) is 2. The third-order valence-corrected chi connectivity index (χ3v) is 3.28. The van der Waals surface area contributed by atoms with Gasteiger partial charge in [-0.3, -0.25) is 4.79 Å². The molecule has 2 rings (SSSR count). The maximum absolute atomic E-state index is 12.2. The standard InChI is InChI=1S/C14H16ClN3O2/c1-7-6-10(9(3)20-7)8(2)17-14(19)13-11(15)4-5-12(16)18-13/h4-6,8H,1-3H3,(H2,16,18)(H,17,19). The molecular weight excluding hydrogens is 278 g/mol. The van der Waals surface area contributed by atoms with Crippen LogP contribution in [0.1, 0.15) is 40.5 Å². The van der Waals surface area contributed by atoms with E-state index < -0.39 is 0 Å². The Morgan fingerprint density at radius 3 is 2.75 bits per heavy atom. The highest BCUT2D eigenvalue weighted by molar-refractivity contribution is 6.33. The molecule has 6 heteroatoms. The molecule has 20 heavy (non-hydrogen) atoms. The second kappa shape index (κ2) is 5.54. The summed E-state index contributed by atoms with van der Waals surface area (Å²) in [6.07, 6.45) is 0. The van der Waals surface area contributed by atoms with Crippen molar-refractivity contribution in [3.05, 3.63) is 46.0 Å². The Kier molecular flexibility index (Phi) is 3.99. The molecular formula is C14H16ClN3O2. The number of furan rings is 1. The summed E-state index contributed by atoms with van der Waals surface area (Å²) >= 11 is 5.96. The van der Waals surface area contributed by atoms with Crippen molar-refractivity contribution in [2.24, 2.45) is 0 Å². The Morgan fingerprint density at radius 1 is 1.45 bits per heavy atom. The first kappa shape index (κ1) is 14.4. The molecule has 5 nitrogen and oxygen atoms in total. The third kappa shape index (κ3) is 2.93. The number of nitrogens with two attached hydrogens (primary N) is 1. The van der Waals surface area contributed by atoms with E-state index in [4.69, 9.17) is 21.8 Å². The van der Waals surface area contributed by atoms with Crippen molar-refractivity contribution in [3.63, 3.8) is 0 Å². The van der Waals surface area contributed by atoms with Crippen LogP contribution < -0.4 is 11.1 Å². The molecule has 0 bridgehead atoms. The van der Waals surface area contributed by atoms with Gasteiger partial charge in [0.25, 0.3) is 5.91 Å². The number of nitrogens with one attached hydrogen (secondary N) is 1. The number of aromatic nitrogens is 1. The summed E-state index contributed by atoms with van der Waals surface area (Å²) in [6, 6.07) is 4.79. The van der Waals surface area contributed by atoms with Gasteiger partial charge in [-0.2, -0.15) is 0 Å². The Morgan fingerprint density at radius 2 is 2.15 bits per heavy atom. The Bertz CT molecular complexity index is 652. The zero-order valence-corrected chi connectivity index (χ0v) is 12.3. The predicted molar refractivity (Wildman–Crippen MR) is 77.7 cm³/mol. The molecule has 0 saturated carbocycles. The maximum Gasteiger partial charge on any atom is 0.271 e. The first-order chi connectivity index (χ1) is 9.38. The van der Waals surface area contributed by atoms with Gasteiger partial charge in [0, 0.05) is 5.56 Å². The Balaban J connectivity index is 2.19. The number of carbonyl (C=O) groups excluding carboxylic acids is 1. The molecule has 0 saturated heterocycles. The molecule has 0 aromatic carbocycles. The number of hydrogen-bond acceptors (Lipinski definition) is 4. The fourth-order valence-corrected chi connectivity index (χ4v) is 2.23. The second-order valence-corrected chi connectivity index (χ2v) is 5.04. The third-order valence-electron chi connectivity index (χ3n) is 2.98. The van der Waals surface area contributed by atoms with Crippen molar-refractivity contribution in [2.45, 2.75) is 26.8 Å². The topological polar surface area (TPSA) is 81.2 Å². The minimum absolute atomic E-state index is 0.122. The van der Waals surface area contributed by atoms with E-state index in [0.29, 0.717) is 0 Å². The van der Waals surface area contributed by atoms with E-state index in [-0.39, 0.29) is 28.5 Å². The van der Waals surface area contributed by atoms with E-state index in [9.17, 15) is 4.79 Å². The van der Waals surface area contributed by atoms with E-state index in [1.54, 1.807) is 12.1 Å². The van der Waals surface area contributed by atoms with Crippen molar-refractivity contribution >= 4 is 23.3 Å². The van der Waals surface area contributed by atoms with Gasteiger partial charge in [0.15, 0.2) is 0 Å². The Hall–Kier alpha value is -2.01. The summed E-state index contributed by atoms with van der Waals surface area (Å²) < 4.78 is 5.45. The van der Waals surface area contributed by atoms with Gasteiger partial charge >= 0.3 is 0 Å². The number of amides is 1. The number of carbonyl (C=O) groups is 1.